The summed E-state index contributed by atoms with van der Waals surface area (Å²) >= 11 is 0. The van der Waals surface area contributed by atoms with Crippen LogP contribution in [0.1, 0.15) is 32.7 Å². The third-order valence-corrected chi connectivity index (χ3v) is 4.94. The Kier molecular flexibility index (Phi) is 8.66. The molecule has 3 rings (SSSR count). The predicted molar refractivity (Wildman–Crippen MR) is 127 cm³/mol. The fourth-order valence-corrected chi connectivity index (χ4v) is 3.11. The molecule has 0 fully saturated rings. The Morgan fingerprint density at radius 3 is 2.00 bits per heavy atom. The molecule has 0 atom stereocenters. The van der Waals surface area contributed by atoms with E-state index in [4.69, 9.17) is 24.1 Å². The highest BCUT2D eigenvalue weighted by Gasteiger charge is 2.15. The molecular weight excluding hydrogens is 454 g/mol. The summed E-state index contributed by atoms with van der Waals surface area (Å²) in [6.45, 7) is 0.0327. The van der Waals surface area contributed by atoms with E-state index in [2.05, 4.69) is 5.32 Å². The highest BCUT2D eigenvalue weighted by molar-refractivity contribution is 5.92. The third kappa shape index (κ3) is 6.97. The van der Waals surface area contributed by atoms with Crippen molar-refractivity contribution in [2.75, 3.05) is 26.1 Å². The third-order valence-electron chi connectivity index (χ3n) is 4.94. The summed E-state index contributed by atoms with van der Waals surface area (Å²) in [5, 5.41) is 12.3. The van der Waals surface area contributed by atoms with Gasteiger partial charge in [-0.3, -0.25) is 4.79 Å². The summed E-state index contributed by atoms with van der Waals surface area (Å²) in [5.41, 5.74) is 2.23. The summed E-state index contributed by atoms with van der Waals surface area (Å²) in [5.74, 6) is -1.48. The molecule has 0 radical (unpaired) electrons. The molecule has 0 heterocycles. The van der Waals surface area contributed by atoms with E-state index < -0.39 is 17.9 Å². The maximum atomic E-state index is 12.4. The van der Waals surface area contributed by atoms with Gasteiger partial charge in [0.05, 0.1) is 43.1 Å². The van der Waals surface area contributed by atoms with E-state index in [0.717, 1.165) is 5.56 Å². The first-order valence-electron chi connectivity index (χ1n) is 10.6. The number of ether oxygens (including phenoxy) is 4. The van der Waals surface area contributed by atoms with Crippen LogP contribution in [-0.4, -0.2) is 43.8 Å². The van der Waals surface area contributed by atoms with Crippen LogP contribution in [-0.2, 0) is 20.9 Å². The first kappa shape index (κ1) is 25.1. The normalized spacial score (nSPS) is 10.2. The molecule has 0 saturated heterocycles. The Labute approximate surface area is 202 Å². The lowest BCUT2D eigenvalue weighted by atomic mass is 10.1. The maximum absolute atomic E-state index is 12.4. The molecule has 2 N–H and O–H groups in total. The second-order valence-electron chi connectivity index (χ2n) is 7.29. The van der Waals surface area contributed by atoms with Crippen LogP contribution in [0, 0.1) is 0 Å². The topological polar surface area (TPSA) is 120 Å². The Morgan fingerprint density at radius 2 is 1.40 bits per heavy atom. The first-order chi connectivity index (χ1) is 16.9. The van der Waals surface area contributed by atoms with E-state index in [-0.39, 0.29) is 30.8 Å². The van der Waals surface area contributed by atoms with Crippen molar-refractivity contribution in [1.29, 1.82) is 0 Å². The molecule has 0 unspecified atom stereocenters. The molecular formula is C26H25NO8. The van der Waals surface area contributed by atoms with Crippen LogP contribution in [0.25, 0.3) is 0 Å². The van der Waals surface area contributed by atoms with Crippen molar-refractivity contribution < 1.29 is 38.4 Å². The van der Waals surface area contributed by atoms with Gasteiger partial charge in [-0.25, -0.2) is 9.59 Å². The minimum absolute atomic E-state index is 0.0680. The predicted octanol–water partition coefficient (Wildman–Crippen LogP) is 4.44. The van der Waals surface area contributed by atoms with Gasteiger partial charge in [-0.2, -0.15) is 0 Å². The molecule has 182 valence electrons. The number of hydrogen-bond donors (Lipinski definition) is 2. The van der Waals surface area contributed by atoms with Gasteiger partial charge < -0.3 is 29.4 Å². The molecule has 0 saturated carbocycles. The molecule has 0 aromatic heterocycles. The van der Waals surface area contributed by atoms with Crippen LogP contribution < -0.4 is 14.8 Å². The van der Waals surface area contributed by atoms with Gasteiger partial charge in [0.15, 0.2) is 0 Å². The number of nitrogens with one attached hydrogen (secondary N) is 1. The zero-order chi connectivity index (χ0) is 25.2. The second-order valence-corrected chi connectivity index (χ2v) is 7.29. The molecule has 0 aliphatic carbocycles. The number of carbonyl (C=O) groups excluding carboxylic acids is 2. The molecule has 0 aliphatic rings. The van der Waals surface area contributed by atoms with E-state index in [9.17, 15) is 14.4 Å². The minimum atomic E-state index is -1.07. The number of carbonyl (C=O) groups is 3. The lowest BCUT2D eigenvalue weighted by molar-refractivity contribution is -0.145. The van der Waals surface area contributed by atoms with E-state index in [1.165, 1.54) is 32.4 Å². The summed E-state index contributed by atoms with van der Waals surface area (Å²) in [6.07, 6.45) is -0.0680. The SMILES string of the molecule is COc1cc(C(=O)O)ccc1Nc1ccc(C(=O)OCCC(=O)OCc2ccccc2)cc1OC. The van der Waals surface area contributed by atoms with Gasteiger partial charge in [-0.15, -0.1) is 0 Å². The van der Waals surface area contributed by atoms with E-state index in [1.54, 1.807) is 18.2 Å². The standard InChI is InChI=1S/C26H25NO8/c1-32-22-14-18(25(29)30)8-10-20(22)27-21-11-9-19(15-23(21)33-2)26(31)34-13-12-24(28)35-16-17-6-4-3-5-7-17/h3-11,14-15,27H,12-13,16H2,1-2H3,(H,29,30). The number of anilines is 2. The fraction of sp³-hybridized carbons (Fsp3) is 0.192. The lowest BCUT2D eigenvalue weighted by Gasteiger charge is -2.15. The van der Waals surface area contributed by atoms with Gasteiger partial charge in [-0.1, -0.05) is 30.3 Å². The smallest absolute Gasteiger partial charge is 0.338 e. The molecule has 9 heteroatoms. The van der Waals surface area contributed by atoms with Crippen LogP contribution in [0.2, 0.25) is 0 Å². The van der Waals surface area contributed by atoms with Gasteiger partial charge >= 0.3 is 17.9 Å². The number of carboxylic acids is 1. The van der Waals surface area contributed by atoms with Crippen molar-refractivity contribution in [2.45, 2.75) is 13.0 Å². The molecule has 9 nitrogen and oxygen atoms in total. The monoisotopic (exact) mass is 479 g/mol. The molecule has 3 aromatic rings. The number of esters is 2. The van der Waals surface area contributed by atoms with Crippen LogP contribution in [0.3, 0.4) is 0 Å². The Bertz CT molecular complexity index is 1190. The van der Waals surface area contributed by atoms with Crippen LogP contribution >= 0.6 is 0 Å². The zero-order valence-corrected chi connectivity index (χ0v) is 19.3. The Morgan fingerprint density at radius 1 is 0.800 bits per heavy atom. The van der Waals surface area contributed by atoms with Gasteiger partial charge in [0.2, 0.25) is 0 Å². The highest BCUT2D eigenvalue weighted by atomic mass is 16.5. The summed E-state index contributed by atoms with van der Waals surface area (Å²) < 4.78 is 21.0. The lowest BCUT2D eigenvalue weighted by Crippen LogP contribution is -2.12. The van der Waals surface area contributed by atoms with E-state index >= 15 is 0 Å². The molecule has 0 bridgehead atoms. The number of rotatable bonds is 11. The van der Waals surface area contributed by atoms with Crippen molar-refractivity contribution in [1.82, 2.24) is 0 Å². The Hall–Kier alpha value is -4.53. The number of aromatic carboxylic acids is 1. The van der Waals surface area contributed by atoms with Crippen LogP contribution in [0.15, 0.2) is 66.7 Å². The van der Waals surface area contributed by atoms with Crippen molar-refractivity contribution in [3.8, 4) is 11.5 Å². The summed E-state index contributed by atoms with van der Waals surface area (Å²) in [6, 6.07) is 18.3. The van der Waals surface area contributed by atoms with Crippen molar-refractivity contribution in [3.63, 3.8) is 0 Å². The average molecular weight is 479 g/mol. The number of methoxy groups -OCH3 is 2. The number of hydrogen-bond acceptors (Lipinski definition) is 8. The highest BCUT2D eigenvalue weighted by Crippen LogP contribution is 2.34. The van der Waals surface area contributed by atoms with Gasteiger partial charge in [0.1, 0.15) is 24.7 Å². The van der Waals surface area contributed by atoms with Crippen molar-refractivity contribution in [2.24, 2.45) is 0 Å². The van der Waals surface area contributed by atoms with E-state index in [1.807, 2.05) is 30.3 Å². The number of carboxylic acid groups (broad SMARTS) is 1. The van der Waals surface area contributed by atoms with E-state index in [0.29, 0.717) is 22.9 Å². The van der Waals surface area contributed by atoms with Gasteiger partial charge in [0, 0.05) is 0 Å². The van der Waals surface area contributed by atoms with Gasteiger partial charge in [-0.05, 0) is 42.0 Å². The Balaban J connectivity index is 1.58. The fourth-order valence-electron chi connectivity index (χ4n) is 3.11. The molecule has 0 aliphatic heterocycles. The first-order valence-corrected chi connectivity index (χ1v) is 10.6. The summed E-state index contributed by atoms with van der Waals surface area (Å²) in [4.78, 5) is 35.5. The minimum Gasteiger partial charge on any atom is -0.495 e. The van der Waals surface area contributed by atoms with Crippen LogP contribution in [0.4, 0.5) is 11.4 Å². The van der Waals surface area contributed by atoms with Crippen molar-refractivity contribution in [3.05, 3.63) is 83.4 Å². The average Bonchev–Trinajstić information content (AvgIpc) is 2.88. The largest absolute Gasteiger partial charge is 0.495 e. The quantitative estimate of drug-likeness (QED) is 0.385. The maximum Gasteiger partial charge on any atom is 0.338 e. The summed E-state index contributed by atoms with van der Waals surface area (Å²) in [7, 11) is 2.88. The molecule has 35 heavy (non-hydrogen) atoms. The zero-order valence-electron chi connectivity index (χ0n) is 19.3. The number of benzene rings is 3. The molecule has 3 aromatic carbocycles. The van der Waals surface area contributed by atoms with Crippen molar-refractivity contribution >= 4 is 29.3 Å². The molecule has 0 amide bonds. The second kappa shape index (κ2) is 12.1. The molecule has 0 spiro atoms. The van der Waals surface area contributed by atoms with Crippen LogP contribution in [0.5, 0.6) is 11.5 Å². The van der Waals surface area contributed by atoms with Gasteiger partial charge in [0.25, 0.3) is 0 Å².